The summed E-state index contributed by atoms with van der Waals surface area (Å²) < 4.78 is 54.1. The van der Waals surface area contributed by atoms with Crippen LogP contribution >= 0.6 is 0 Å². The van der Waals surface area contributed by atoms with Crippen LogP contribution < -0.4 is 0 Å². The fourth-order valence-electron chi connectivity index (χ4n) is 6.84. The van der Waals surface area contributed by atoms with E-state index in [1.54, 1.807) is 0 Å². The van der Waals surface area contributed by atoms with Gasteiger partial charge in [-0.15, -0.1) is 0 Å². The highest BCUT2D eigenvalue weighted by atomic mass is 32.2. The third-order valence-electron chi connectivity index (χ3n) is 10.6. The molecule has 13 heteroatoms. The van der Waals surface area contributed by atoms with Crippen molar-refractivity contribution in [1.82, 2.24) is 0 Å². The summed E-state index contributed by atoms with van der Waals surface area (Å²) in [5.74, 6) is -2.06. The molecule has 1 aliphatic rings. The number of unbranched alkanes of at least 4 members (excludes halogenated alkanes) is 17. The van der Waals surface area contributed by atoms with Crippen molar-refractivity contribution in [2.24, 2.45) is 0 Å². The molecule has 6 atom stereocenters. The predicted molar refractivity (Wildman–Crippen MR) is 247 cm³/mol. The third-order valence-corrected chi connectivity index (χ3v) is 11.3. The summed E-state index contributed by atoms with van der Waals surface area (Å²) in [5.41, 5.74) is 0. The number of hydrogen-bond acceptors (Lipinski definition) is 11. The SMILES string of the molecule is CCCCC/C=C/C/C=C/C/C=C/C/C=C/CCCC(=O)OC[C@H](CO[C@H]1O[C@H](CS(=O)(=O)O)[C@@H](O)C(O)C1O)OC(=O)CCCCCCCCC/C=C/CCCCCCCC. The number of hydrogen-bond donors (Lipinski definition) is 4. The number of carbonyl (C=O) groups is 2. The summed E-state index contributed by atoms with van der Waals surface area (Å²) in [5, 5.41) is 30.9. The molecule has 1 aliphatic heterocycles. The van der Waals surface area contributed by atoms with Gasteiger partial charge in [-0.05, 0) is 77.0 Å². The van der Waals surface area contributed by atoms with Crippen LogP contribution in [0.1, 0.15) is 181 Å². The topological polar surface area (TPSA) is 186 Å². The van der Waals surface area contributed by atoms with Crippen LogP contribution in [0, 0.1) is 0 Å². The van der Waals surface area contributed by atoms with Crippen molar-refractivity contribution >= 4 is 22.1 Å². The second-order valence-electron chi connectivity index (χ2n) is 16.4. The van der Waals surface area contributed by atoms with Crippen molar-refractivity contribution in [3.8, 4) is 0 Å². The molecule has 0 aromatic heterocycles. The molecule has 62 heavy (non-hydrogen) atoms. The lowest BCUT2D eigenvalue weighted by Gasteiger charge is -2.40. The minimum absolute atomic E-state index is 0.140. The first-order chi connectivity index (χ1) is 30.0. The standard InChI is InChI=1S/C49H84O12S/c1-3-5-7-9-11-13-15-17-19-21-23-25-27-29-31-33-35-37-44(50)58-39-42(40-59-49-48(54)47(53)46(52)43(61-49)41-62(55,56)57)60-45(51)38-36-34-32-30-28-26-24-22-20-18-16-14-12-10-8-6-4-2/h11,13,17-20,23,25,29,31,42-43,46-49,52-54H,3-10,12,14-16,21-22,24,26-28,30,32-41H2,1-2H3,(H,55,56,57)/b13-11+,19-17+,20-18+,25-23+,31-29+/t42-,43-,46-,47?,48?,49+/m1/s1. The zero-order valence-electron chi connectivity index (χ0n) is 38.2. The molecule has 1 rings (SSSR count). The van der Waals surface area contributed by atoms with Crippen molar-refractivity contribution < 1.29 is 56.8 Å². The summed E-state index contributed by atoms with van der Waals surface area (Å²) in [6.45, 7) is 3.68. The zero-order chi connectivity index (χ0) is 45.5. The maximum absolute atomic E-state index is 12.8. The summed E-state index contributed by atoms with van der Waals surface area (Å²) in [7, 11) is -4.61. The van der Waals surface area contributed by atoms with Crippen molar-refractivity contribution in [2.45, 2.75) is 218 Å². The number of rotatable bonds is 39. The fourth-order valence-corrected chi connectivity index (χ4v) is 7.53. The van der Waals surface area contributed by atoms with E-state index < -0.39 is 71.2 Å². The van der Waals surface area contributed by atoms with Crippen LogP contribution in [0.2, 0.25) is 0 Å². The maximum atomic E-state index is 12.8. The van der Waals surface area contributed by atoms with Gasteiger partial charge in [0.25, 0.3) is 10.1 Å². The van der Waals surface area contributed by atoms with E-state index in [0.29, 0.717) is 19.3 Å². The number of aliphatic hydroxyl groups excluding tert-OH is 3. The van der Waals surface area contributed by atoms with Crippen LogP contribution in [0.15, 0.2) is 60.8 Å². The average molecular weight is 897 g/mol. The van der Waals surface area contributed by atoms with Crippen LogP contribution in [-0.4, -0.2) is 96.0 Å². The summed E-state index contributed by atoms with van der Waals surface area (Å²) in [6, 6.07) is 0. The number of allylic oxidation sites excluding steroid dienone is 10. The van der Waals surface area contributed by atoms with E-state index >= 15 is 0 Å². The summed E-state index contributed by atoms with van der Waals surface area (Å²) in [6.07, 6.45) is 38.3. The molecule has 0 amide bonds. The van der Waals surface area contributed by atoms with Crippen LogP contribution in [0.5, 0.6) is 0 Å². The third kappa shape index (κ3) is 32.9. The van der Waals surface area contributed by atoms with E-state index in [4.69, 9.17) is 18.9 Å². The molecule has 2 unspecified atom stereocenters. The van der Waals surface area contributed by atoms with Crippen LogP contribution in [0.25, 0.3) is 0 Å². The molecule has 0 aromatic carbocycles. The summed E-state index contributed by atoms with van der Waals surface area (Å²) in [4.78, 5) is 25.4. The highest BCUT2D eigenvalue weighted by Crippen LogP contribution is 2.24. The fraction of sp³-hybridized carbons (Fsp3) is 0.755. The molecule has 0 bridgehead atoms. The van der Waals surface area contributed by atoms with Crippen LogP contribution in [-0.2, 0) is 38.7 Å². The Morgan fingerprint density at radius 1 is 0.548 bits per heavy atom. The molecule has 1 heterocycles. The predicted octanol–water partition coefficient (Wildman–Crippen LogP) is 10.1. The molecule has 12 nitrogen and oxygen atoms in total. The lowest BCUT2D eigenvalue weighted by atomic mass is 10.00. The Labute approximate surface area is 375 Å². The van der Waals surface area contributed by atoms with Gasteiger partial charge >= 0.3 is 11.9 Å². The molecule has 1 fully saturated rings. The van der Waals surface area contributed by atoms with Gasteiger partial charge in [-0.3, -0.25) is 14.1 Å². The molecular formula is C49H84O12S. The largest absolute Gasteiger partial charge is 0.462 e. The van der Waals surface area contributed by atoms with Crippen molar-refractivity contribution in [2.75, 3.05) is 19.0 Å². The van der Waals surface area contributed by atoms with Gasteiger partial charge in [0.15, 0.2) is 12.4 Å². The molecule has 0 saturated carbocycles. The normalized spacial score (nSPS) is 20.4. The quantitative estimate of drug-likeness (QED) is 0.0198. The molecule has 0 spiro atoms. The first-order valence-electron chi connectivity index (χ1n) is 23.8. The van der Waals surface area contributed by atoms with Gasteiger partial charge in [0.05, 0.1) is 6.61 Å². The van der Waals surface area contributed by atoms with E-state index in [9.17, 15) is 37.9 Å². The Hall–Kier alpha value is -2.65. The number of carbonyl (C=O) groups excluding carboxylic acids is 2. The van der Waals surface area contributed by atoms with E-state index in [-0.39, 0.29) is 19.4 Å². The van der Waals surface area contributed by atoms with Gasteiger partial charge in [0, 0.05) is 12.8 Å². The van der Waals surface area contributed by atoms with E-state index in [0.717, 1.165) is 57.8 Å². The minimum atomic E-state index is -4.61. The van der Waals surface area contributed by atoms with Crippen LogP contribution in [0.4, 0.5) is 0 Å². The number of aliphatic hydroxyl groups is 3. The molecular weight excluding hydrogens is 813 g/mol. The van der Waals surface area contributed by atoms with Gasteiger partial charge in [-0.25, -0.2) is 0 Å². The lowest BCUT2D eigenvalue weighted by molar-refractivity contribution is -0.297. The van der Waals surface area contributed by atoms with Gasteiger partial charge < -0.3 is 34.3 Å². The number of ether oxygens (including phenoxy) is 4. The maximum Gasteiger partial charge on any atom is 0.306 e. The molecule has 0 aromatic rings. The van der Waals surface area contributed by atoms with Crippen molar-refractivity contribution in [3.05, 3.63) is 60.8 Å². The van der Waals surface area contributed by atoms with Gasteiger partial charge in [0.2, 0.25) is 0 Å². The second kappa shape index (κ2) is 38.8. The van der Waals surface area contributed by atoms with Crippen LogP contribution in [0.3, 0.4) is 0 Å². The minimum Gasteiger partial charge on any atom is -0.462 e. The smallest absolute Gasteiger partial charge is 0.306 e. The molecule has 1 saturated heterocycles. The van der Waals surface area contributed by atoms with Crippen molar-refractivity contribution in [3.63, 3.8) is 0 Å². The Bertz CT molecular complexity index is 1370. The average Bonchev–Trinajstić information content (AvgIpc) is 3.24. The highest BCUT2D eigenvalue weighted by molar-refractivity contribution is 7.85. The summed E-state index contributed by atoms with van der Waals surface area (Å²) >= 11 is 0. The Balaban J connectivity index is 2.47. The second-order valence-corrected chi connectivity index (χ2v) is 17.9. The molecule has 4 N–H and O–H groups in total. The molecule has 0 aliphatic carbocycles. The first kappa shape index (κ1) is 57.4. The molecule has 0 radical (unpaired) electrons. The zero-order valence-corrected chi connectivity index (χ0v) is 39.0. The Morgan fingerprint density at radius 2 is 0.984 bits per heavy atom. The van der Waals surface area contributed by atoms with Gasteiger partial charge in [0.1, 0.15) is 36.8 Å². The Kier molecular flexibility index (Phi) is 35.9. The van der Waals surface area contributed by atoms with E-state index in [2.05, 4.69) is 62.5 Å². The van der Waals surface area contributed by atoms with Gasteiger partial charge in [-0.1, -0.05) is 152 Å². The molecule has 358 valence electrons. The first-order valence-corrected chi connectivity index (χ1v) is 25.5. The number of esters is 2. The highest BCUT2D eigenvalue weighted by Gasteiger charge is 2.46. The Morgan fingerprint density at radius 3 is 1.53 bits per heavy atom. The van der Waals surface area contributed by atoms with Crippen molar-refractivity contribution in [1.29, 1.82) is 0 Å². The van der Waals surface area contributed by atoms with Gasteiger partial charge in [-0.2, -0.15) is 8.42 Å². The monoisotopic (exact) mass is 897 g/mol. The van der Waals surface area contributed by atoms with E-state index in [1.807, 2.05) is 12.2 Å². The lowest BCUT2D eigenvalue weighted by Crippen LogP contribution is -2.60. The van der Waals surface area contributed by atoms with E-state index in [1.165, 1.54) is 77.0 Å².